The summed E-state index contributed by atoms with van der Waals surface area (Å²) in [4.78, 5) is 0. The number of nitrogens with one attached hydrogen (secondary N) is 1. The molecule has 0 spiro atoms. The summed E-state index contributed by atoms with van der Waals surface area (Å²) in [6.45, 7) is 1.96. The van der Waals surface area contributed by atoms with Crippen LogP contribution in [0.1, 0.15) is 6.92 Å². The molecule has 0 heterocycles. The Bertz CT molecular complexity index is 52.4. The Morgan fingerprint density at radius 2 is 2.25 bits per heavy atom. The molecule has 1 unspecified atom stereocenters. The van der Waals surface area contributed by atoms with E-state index in [2.05, 4.69) is 5.32 Å². The van der Waals surface area contributed by atoms with Crippen LogP contribution in [0, 0.1) is 0 Å². The second-order valence-electron chi connectivity index (χ2n) is 1.94. The van der Waals surface area contributed by atoms with E-state index in [0.717, 1.165) is 0 Å². The fourth-order valence-electron chi connectivity index (χ4n) is 0.520. The van der Waals surface area contributed by atoms with Gasteiger partial charge in [0.1, 0.15) is 0 Å². The summed E-state index contributed by atoms with van der Waals surface area (Å²) in [5.41, 5.74) is 5.44. The molecule has 3 nitrogen and oxygen atoms in total. The average Bonchev–Trinajstić information content (AvgIpc) is 1.69. The third-order valence-corrected chi connectivity index (χ3v) is 1.20. The van der Waals surface area contributed by atoms with Crippen molar-refractivity contribution in [3.05, 3.63) is 0 Å². The third kappa shape index (κ3) is 2.26. The largest absolute Gasteiger partial charge is 0.395 e. The number of nitrogens with two attached hydrogens (primary N) is 1. The van der Waals surface area contributed by atoms with Gasteiger partial charge in [-0.25, -0.2) is 0 Å². The monoisotopic (exact) mass is 118 g/mol. The number of hydrogen-bond acceptors (Lipinski definition) is 3. The molecule has 0 saturated carbocycles. The first-order chi connectivity index (χ1) is 3.72. The summed E-state index contributed by atoms with van der Waals surface area (Å²) in [6, 6.07) is 0.0556. The zero-order valence-electron chi connectivity index (χ0n) is 5.39. The molecular formula is C5H14N2O. The summed E-state index contributed by atoms with van der Waals surface area (Å²) in [7, 11) is 1.78. The molecule has 0 fully saturated rings. The van der Waals surface area contributed by atoms with Gasteiger partial charge in [-0.3, -0.25) is 0 Å². The predicted molar refractivity (Wildman–Crippen MR) is 33.6 cm³/mol. The van der Waals surface area contributed by atoms with E-state index in [0.29, 0.717) is 0 Å². The maximum Gasteiger partial charge on any atom is 0.0599 e. The minimum Gasteiger partial charge on any atom is -0.395 e. The Morgan fingerprint density at radius 1 is 1.75 bits per heavy atom. The van der Waals surface area contributed by atoms with Crippen LogP contribution in [-0.4, -0.2) is 30.8 Å². The fraction of sp³-hybridized carbons (Fsp3) is 1.00. The van der Waals surface area contributed by atoms with Gasteiger partial charge in [-0.1, -0.05) is 0 Å². The zero-order valence-corrected chi connectivity index (χ0v) is 5.39. The molecule has 0 amide bonds. The lowest BCUT2D eigenvalue weighted by Gasteiger charge is -2.15. The van der Waals surface area contributed by atoms with Crippen LogP contribution in [0.15, 0.2) is 0 Å². The fourth-order valence-corrected chi connectivity index (χ4v) is 0.520. The number of rotatable bonds is 3. The van der Waals surface area contributed by atoms with E-state index in [1.165, 1.54) is 0 Å². The number of aliphatic hydroxyl groups is 1. The molecule has 4 N–H and O–H groups in total. The summed E-state index contributed by atoms with van der Waals surface area (Å²) >= 11 is 0. The molecule has 0 aliphatic heterocycles. The highest BCUT2D eigenvalue weighted by molar-refractivity contribution is 4.71. The highest BCUT2D eigenvalue weighted by Crippen LogP contribution is 1.84. The zero-order chi connectivity index (χ0) is 6.57. The van der Waals surface area contributed by atoms with Crippen LogP contribution in [0.2, 0.25) is 0 Å². The molecule has 50 valence electrons. The van der Waals surface area contributed by atoms with Crippen LogP contribution in [0.4, 0.5) is 0 Å². The van der Waals surface area contributed by atoms with E-state index in [1.807, 2.05) is 6.92 Å². The first kappa shape index (κ1) is 7.88. The highest BCUT2D eigenvalue weighted by Gasteiger charge is 2.07. The van der Waals surface area contributed by atoms with E-state index in [9.17, 15) is 0 Å². The second-order valence-corrected chi connectivity index (χ2v) is 1.94. The maximum atomic E-state index is 8.55. The predicted octanol–water partition coefficient (Wildman–Crippen LogP) is -1.09. The van der Waals surface area contributed by atoms with E-state index in [-0.39, 0.29) is 18.7 Å². The summed E-state index contributed by atoms with van der Waals surface area (Å²) in [5, 5.41) is 11.4. The SMILES string of the molecule is CNC(CO)[C@@H](C)N. The number of likely N-dealkylation sites (N-methyl/N-ethyl adjacent to an activating group) is 1. The van der Waals surface area contributed by atoms with Crippen LogP contribution in [0.5, 0.6) is 0 Å². The third-order valence-electron chi connectivity index (χ3n) is 1.20. The van der Waals surface area contributed by atoms with Crippen molar-refractivity contribution in [3.63, 3.8) is 0 Å². The van der Waals surface area contributed by atoms with E-state index < -0.39 is 0 Å². The Morgan fingerprint density at radius 3 is 2.25 bits per heavy atom. The van der Waals surface area contributed by atoms with Gasteiger partial charge in [0.15, 0.2) is 0 Å². The normalized spacial score (nSPS) is 18.0. The van der Waals surface area contributed by atoms with Gasteiger partial charge in [0, 0.05) is 12.1 Å². The van der Waals surface area contributed by atoms with Crippen LogP contribution in [-0.2, 0) is 0 Å². The van der Waals surface area contributed by atoms with E-state index in [4.69, 9.17) is 10.8 Å². The molecule has 0 saturated heterocycles. The van der Waals surface area contributed by atoms with Crippen molar-refractivity contribution >= 4 is 0 Å². The van der Waals surface area contributed by atoms with Crippen molar-refractivity contribution in [2.24, 2.45) is 5.73 Å². The molecule has 0 aromatic heterocycles. The molecule has 8 heavy (non-hydrogen) atoms. The van der Waals surface area contributed by atoms with Crippen molar-refractivity contribution in [1.82, 2.24) is 5.32 Å². The van der Waals surface area contributed by atoms with Gasteiger partial charge in [-0.2, -0.15) is 0 Å². The van der Waals surface area contributed by atoms with Gasteiger partial charge in [0.25, 0.3) is 0 Å². The Kier molecular flexibility index (Phi) is 3.77. The van der Waals surface area contributed by atoms with E-state index >= 15 is 0 Å². The molecule has 0 aromatic rings. The molecule has 0 aliphatic carbocycles. The van der Waals surface area contributed by atoms with Gasteiger partial charge >= 0.3 is 0 Å². The molecule has 3 heteroatoms. The van der Waals surface area contributed by atoms with Crippen molar-refractivity contribution in [2.75, 3.05) is 13.7 Å². The van der Waals surface area contributed by atoms with Crippen molar-refractivity contribution in [2.45, 2.75) is 19.0 Å². The smallest absolute Gasteiger partial charge is 0.0599 e. The van der Waals surface area contributed by atoms with Crippen molar-refractivity contribution < 1.29 is 5.11 Å². The van der Waals surface area contributed by atoms with Crippen LogP contribution >= 0.6 is 0 Å². The molecule has 0 rings (SSSR count). The minimum atomic E-state index is 0.0185. The van der Waals surface area contributed by atoms with Gasteiger partial charge in [0.2, 0.25) is 0 Å². The molecule has 0 aliphatic rings. The van der Waals surface area contributed by atoms with E-state index in [1.54, 1.807) is 7.05 Å². The summed E-state index contributed by atoms with van der Waals surface area (Å²) in [6.07, 6.45) is 0. The van der Waals surface area contributed by atoms with Crippen molar-refractivity contribution in [3.8, 4) is 0 Å². The standard InChI is InChI=1S/C5H14N2O/c1-4(6)5(3-8)7-2/h4-5,7-8H,3,6H2,1-2H3/t4-,5?/m1/s1. The van der Waals surface area contributed by atoms with Crippen molar-refractivity contribution in [1.29, 1.82) is 0 Å². The summed E-state index contributed by atoms with van der Waals surface area (Å²) in [5.74, 6) is 0. The number of aliphatic hydroxyl groups excluding tert-OH is 1. The van der Waals surface area contributed by atoms with Crippen LogP contribution < -0.4 is 11.1 Å². The Labute approximate surface area is 49.9 Å². The maximum absolute atomic E-state index is 8.55. The second kappa shape index (κ2) is 3.83. The van der Waals surface area contributed by atoms with Crippen LogP contribution in [0.25, 0.3) is 0 Å². The van der Waals surface area contributed by atoms with Crippen LogP contribution in [0.3, 0.4) is 0 Å². The molecule has 0 aromatic carbocycles. The molecule has 0 bridgehead atoms. The first-order valence-electron chi connectivity index (χ1n) is 2.76. The highest BCUT2D eigenvalue weighted by atomic mass is 16.3. The Hall–Kier alpha value is -0.120. The molecular weight excluding hydrogens is 104 g/mol. The molecule has 2 atom stereocenters. The molecule has 0 radical (unpaired) electrons. The van der Waals surface area contributed by atoms with Gasteiger partial charge in [-0.05, 0) is 14.0 Å². The minimum absolute atomic E-state index is 0.0185. The summed E-state index contributed by atoms with van der Waals surface area (Å²) < 4.78 is 0. The number of hydrogen-bond donors (Lipinski definition) is 3. The van der Waals surface area contributed by atoms with Gasteiger partial charge in [0.05, 0.1) is 6.61 Å². The lowest BCUT2D eigenvalue weighted by molar-refractivity contribution is 0.234. The topological polar surface area (TPSA) is 58.3 Å². The lowest BCUT2D eigenvalue weighted by atomic mass is 10.2. The van der Waals surface area contributed by atoms with Gasteiger partial charge in [-0.15, -0.1) is 0 Å². The average molecular weight is 118 g/mol. The Balaban J connectivity index is 3.35. The van der Waals surface area contributed by atoms with Gasteiger partial charge < -0.3 is 16.2 Å². The lowest BCUT2D eigenvalue weighted by Crippen LogP contribution is -2.43. The quantitative estimate of drug-likeness (QED) is 0.441. The first-order valence-corrected chi connectivity index (χ1v) is 2.76.